The van der Waals surface area contributed by atoms with Crippen LogP contribution >= 0.6 is 0 Å². The summed E-state index contributed by atoms with van der Waals surface area (Å²) in [5.74, 6) is 0.331. The van der Waals surface area contributed by atoms with Gasteiger partial charge in [0.1, 0.15) is 11.6 Å². The van der Waals surface area contributed by atoms with Crippen LogP contribution in [0.4, 0.5) is 0 Å². The summed E-state index contributed by atoms with van der Waals surface area (Å²) < 4.78 is 1.89. The maximum Gasteiger partial charge on any atom is 1.00 e. The number of carboxylic acids is 1. The predicted molar refractivity (Wildman–Crippen MR) is 41.7 cm³/mol. The number of hydrogen-bond acceptors (Lipinski definition) is 4. The third-order valence-electron chi connectivity index (χ3n) is 2.24. The second kappa shape index (κ2) is 4.63. The molecule has 2 rings (SSSR count). The molecule has 0 radical (unpaired) electrons. The summed E-state index contributed by atoms with van der Waals surface area (Å²) >= 11 is 0. The molecule has 6 heteroatoms. The summed E-state index contributed by atoms with van der Waals surface area (Å²) in [6.07, 6.45) is 2.96. The van der Waals surface area contributed by atoms with E-state index in [1.54, 1.807) is 0 Å². The SMILES string of the molecule is O=C([O-])Cc1nnc2n1CCCC2.[Li+]. The topological polar surface area (TPSA) is 70.8 Å². The van der Waals surface area contributed by atoms with Gasteiger partial charge in [-0.25, -0.2) is 0 Å². The summed E-state index contributed by atoms with van der Waals surface area (Å²) in [7, 11) is 0. The minimum absolute atomic E-state index is 0. The zero-order chi connectivity index (χ0) is 9.26. The fourth-order valence-corrected chi connectivity index (χ4v) is 1.63. The molecule has 1 aliphatic rings. The molecule has 1 aromatic rings. The predicted octanol–water partition coefficient (Wildman–Crippen LogP) is -4.09. The number of carboxylic acid groups (broad SMARTS) is 1. The number of carbonyl (C=O) groups excluding carboxylic acids is 1. The average Bonchev–Trinajstić information content (AvgIpc) is 2.48. The molecule has 0 fully saturated rings. The number of aromatic nitrogens is 3. The van der Waals surface area contributed by atoms with Crippen LogP contribution in [0.3, 0.4) is 0 Å². The van der Waals surface area contributed by atoms with Crippen molar-refractivity contribution in [1.29, 1.82) is 0 Å². The van der Waals surface area contributed by atoms with Crippen molar-refractivity contribution in [2.24, 2.45) is 0 Å². The van der Waals surface area contributed by atoms with Crippen LogP contribution in [0.5, 0.6) is 0 Å². The third-order valence-corrected chi connectivity index (χ3v) is 2.24. The van der Waals surface area contributed by atoms with Crippen molar-refractivity contribution in [3.8, 4) is 0 Å². The van der Waals surface area contributed by atoms with E-state index in [0.29, 0.717) is 5.82 Å². The van der Waals surface area contributed by atoms with E-state index in [2.05, 4.69) is 10.2 Å². The molecule has 0 saturated carbocycles. The van der Waals surface area contributed by atoms with Crippen LogP contribution in [0.15, 0.2) is 0 Å². The van der Waals surface area contributed by atoms with Gasteiger partial charge in [0.15, 0.2) is 0 Å². The van der Waals surface area contributed by atoms with E-state index in [4.69, 9.17) is 0 Å². The van der Waals surface area contributed by atoms with E-state index in [1.165, 1.54) is 0 Å². The molecule has 0 aliphatic carbocycles. The Morgan fingerprint density at radius 3 is 2.93 bits per heavy atom. The van der Waals surface area contributed by atoms with Gasteiger partial charge in [0, 0.05) is 25.4 Å². The maximum absolute atomic E-state index is 10.4. The van der Waals surface area contributed by atoms with Gasteiger partial charge >= 0.3 is 18.9 Å². The third kappa shape index (κ3) is 2.17. The average molecular weight is 187 g/mol. The van der Waals surface area contributed by atoms with Crippen molar-refractivity contribution in [1.82, 2.24) is 14.8 Å². The van der Waals surface area contributed by atoms with Gasteiger partial charge in [-0.1, -0.05) is 0 Å². The summed E-state index contributed by atoms with van der Waals surface area (Å²) in [6.45, 7) is 0.838. The first-order valence-corrected chi connectivity index (χ1v) is 4.38. The summed E-state index contributed by atoms with van der Waals surface area (Å²) in [5, 5.41) is 18.1. The molecule has 1 aliphatic heterocycles. The Kier molecular flexibility index (Phi) is 3.73. The van der Waals surface area contributed by atoms with Crippen molar-refractivity contribution >= 4 is 5.97 Å². The van der Waals surface area contributed by atoms with Crippen LogP contribution in [-0.4, -0.2) is 20.7 Å². The van der Waals surface area contributed by atoms with Crippen LogP contribution in [-0.2, 0) is 24.2 Å². The van der Waals surface area contributed by atoms with Crippen molar-refractivity contribution in [3.05, 3.63) is 11.6 Å². The summed E-state index contributed by atoms with van der Waals surface area (Å²) in [4.78, 5) is 10.4. The quantitative estimate of drug-likeness (QED) is 0.441. The molecule has 0 amide bonds. The molecule has 0 aromatic carbocycles. The Balaban J connectivity index is 0.000000980. The zero-order valence-corrected chi connectivity index (χ0v) is 8.19. The van der Waals surface area contributed by atoms with Gasteiger partial charge in [-0.3, -0.25) is 0 Å². The monoisotopic (exact) mass is 187 g/mol. The maximum atomic E-state index is 10.4. The van der Waals surface area contributed by atoms with Gasteiger partial charge in [0.05, 0.1) is 0 Å². The standard InChI is InChI=1S/C8H11N3O2.Li/c12-8(13)5-7-10-9-6-3-1-2-4-11(6)7;/h1-5H2,(H,12,13);/q;+1/p-1. The van der Waals surface area contributed by atoms with Crippen LogP contribution < -0.4 is 24.0 Å². The van der Waals surface area contributed by atoms with Gasteiger partial charge in [-0.05, 0) is 12.8 Å². The van der Waals surface area contributed by atoms with Crippen LogP contribution in [0.2, 0.25) is 0 Å². The number of aryl methyl sites for hydroxylation is 1. The number of nitrogens with zero attached hydrogens (tertiary/aromatic N) is 3. The molecule has 0 atom stereocenters. The molecule has 0 unspecified atom stereocenters. The normalized spacial score (nSPS) is 14.3. The molecule has 0 N–H and O–H groups in total. The molecule has 2 heterocycles. The molecule has 1 aromatic heterocycles. The van der Waals surface area contributed by atoms with Gasteiger partial charge in [0.2, 0.25) is 0 Å². The number of hydrogen-bond donors (Lipinski definition) is 0. The number of rotatable bonds is 2. The summed E-state index contributed by atoms with van der Waals surface area (Å²) in [6, 6.07) is 0. The van der Waals surface area contributed by atoms with Crippen molar-refractivity contribution < 1.29 is 28.8 Å². The van der Waals surface area contributed by atoms with Crippen LogP contribution in [0.1, 0.15) is 24.5 Å². The van der Waals surface area contributed by atoms with Gasteiger partial charge in [-0.2, -0.15) is 0 Å². The van der Waals surface area contributed by atoms with Crippen molar-refractivity contribution in [3.63, 3.8) is 0 Å². The van der Waals surface area contributed by atoms with E-state index in [1.807, 2.05) is 4.57 Å². The second-order valence-electron chi connectivity index (χ2n) is 3.19. The Bertz CT molecular complexity index is 337. The molecule has 5 nitrogen and oxygen atoms in total. The Morgan fingerprint density at radius 1 is 1.43 bits per heavy atom. The minimum Gasteiger partial charge on any atom is -0.550 e. The first-order chi connectivity index (χ1) is 6.27. The fourth-order valence-electron chi connectivity index (χ4n) is 1.63. The number of aliphatic carboxylic acids is 1. The zero-order valence-electron chi connectivity index (χ0n) is 8.19. The Morgan fingerprint density at radius 2 is 2.21 bits per heavy atom. The van der Waals surface area contributed by atoms with E-state index in [9.17, 15) is 9.90 Å². The van der Waals surface area contributed by atoms with Gasteiger partial charge in [0.25, 0.3) is 0 Å². The molecule has 0 spiro atoms. The first-order valence-electron chi connectivity index (χ1n) is 4.38. The fraction of sp³-hybridized carbons (Fsp3) is 0.625. The van der Waals surface area contributed by atoms with E-state index < -0.39 is 5.97 Å². The van der Waals surface area contributed by atoms with E-state index in [0.717, 1.165) is 31.6 Å². The summed E-state index contributed by atoms with van der Waals surface area (Å²) in [5.41, 5.74) is 0. The molecule has 14 heavy (non-hydrogen) atoms. The number of fused-ring (bicyclic) bond motifs is 1. The molecular formula is C8H10LiN3O2. The van der Waals surface area contributed by atoms with Crippen LogP contribution in [0.25, 0.3) is 0 Å². The first kappa shape index (κ1) is 11.3. The Hall–Kier alpha value is -0.793. The number of carbonyl (C=O) groups is 1. The van der Waals surface area contributed by atoms with E-state index in [-0.39, 0.29) is 25.3 Å². The smallest absolute Gasteiger partial charge is 0.550 e. The molecule has 0 bridgehead atoms. The molecular weight excluding hydrogens is 177 g/mol. The van der Waals surface area contributed by atoms with Crippen LogP contribution in [0, 0.1) is 0 Å². The second-order valence-corrected chi connectivity index (χ2v) is 3.19. The van der Waals surface area contributed by atoms with Gasteiger partial charge in [-0.15, -0.1) is 10.2 Å². The Labute approximate surface area is 93.7 Å². The minimum atomic E-state index is -1.10. The van der Waals surface area contributed by atoms with Crippen molar-refractivity contribution in [2.45, 2.75) is 32.2 Å². The van der Waals surface area contributed by atoms with Crippen molar-refractivity contribution in [2.75, 3.05) is 0 Å². The van der Waals surface area contributed by atoms with Gasteiger partial charge < -0.3 is 14.5 Å². The largest absolute Gasteiger partial charge is 1.00 e. The van der Waals surface area contributed by atoms with E-state index >= 15 is 0 Å². The molecule has 0 saturated heterocycles. The molecule has 70 valence electrons.